The Bertz CT molecular complexity index is 970. The number of sulfonamides is 1. The highest BCUT2D eigenvalue weighted by Gasteiger charge is 2.23. The van der Waals surface area contributed by atoms with Crippen LogP contribution in [-0.4, -0.2) is 33.0 Å². The molecule has 2 aromatic rings. The summed E-state index contributed by atoms with van der Waals surface area (Å²) < 4.78 is 25.6. The van der Waals surface area contributed by atoms with Crippen LogP contribution in [0.3, 0.4) is 0 Å². The molecule has 0 saturated heterocycles. The maximum Gasteiger partial charge on any atom is 0.253 e. The second-order valence-corrected chi connectivity index (χ2v) is 9.00. The van der Waals surface area contributed by atoms with Gasteiger partial charge < -0.3 is 10.6 Å². The van der Waals surface area contributed by atoms with E-state index in [9.17, 15) is 18.0 Å². The predicted octanol–water partition coefficient (Wildman–Crippen LogP) is 2.72. The van der Waals surface area contributed by atoms with Crippen LogP contribution in [0.4, 0.5) is 11.4 Å². The molecule has 0 aliphatic carbocycles. The van der Waals surface area contributed by atoms with E-state index >= 15 is 0 Å². The molecule has 28 heavy (non-hydrogen) atoms. The molecule has 0 spiro atoms. The van der Waals surface area contributed by atoms with E-state index in [4.69, 9.17) is 0 Å². The molecule has 0 heterocycles. The molecule has 0 aliphatic rings. The molecule has 0 radical (unpaired) electrons. The molecule has 8 heteroatoms. The number of benzene rings is 2. The minimum atomic E-state index is -3.57. The zero-order valence-electron chi connectivity index (χ0n) is 16.4. The third-order valence-corrected chi connectivity index (χ3v) is 4.72. The number of carbonyl (C=O) groups is 2. The summed E-state index contributed by atoms with van der Waals surface area (Å²) in [6.45, 7) is 5.71. The van der Waals surface area contributed by atoms with Crippen LogP contribution in [-0.2, 0) is 20.2 Å². The molecular weight excluding hydrogens is 378 g/mol. The van der Waals surface area contributed by atoms with E-state index in [-0.39, 0.29) is 22.6 Å². The lowest BCUT2D eigenvalue weighted by atomic mass is 9.84. The normalized spacial score (nSPS) is 11.6. The van der Waals surface area contributed by atoms with Gasteiger partial charge in [0, 0.05) is 24.6 Å². The zero-order chi connectivity index (χ0) is 20.9. The Balaban J connectivity index is 2.27. The summed E-state index contributed by atoms with van der Waals surface area (Å²) in [5.41, 5.74) is 1.42. The van der Waals surface area contributed by atoms with E-state index in [1.54, 1.807) is 0 Å². The molecule has 0 unspecified atom stereocenters. The van der Waals surface area contributed by atoms with Gasteiger partial charge in [-0.3, -0.25) is 14.3 Å². The van der Waals surface area contributed by atoms with Gasteiger partial charge in [0.25, 0.3) is 5.91 Å². The fourth-order valence-electron chi connectivity index (χ4n) is 2.69. The van der Waals surface area contributed by atoms with Gasteiger partial charge in [-0.05, 0) is 23.8 Å². The van der Waals surface area contributed by atoms with Gasteiger partial charge in [-0.25, -0.2) is 8.42 Å². The Morgan fingerprint density at radius 1 is 1.04 bits per heavy atom. The van der Waals surface area contributed by atoms with Crippen molar-refractivity contribution in [2.24, 2.45) is 0 Å². The largest absolute Gasteiger partial charge is 0.351 e. The van der Waals surface area contributed by atoms with Gasteiger partial charge in [0.15, 0.2) is 0 Å². The maximum absolute atomic E-state index is 12.8. The minimum absolute atomic E-state index is 0.125. The van der Waals surface area contributed by atoms with Crippen LogP contribution in [0.25, 0.3) is 0 Å². The third kappa shape index (κ3) is 6.09. The summed E-state index contributed by atoms with van der Waals surface area (Å²) in [6.07, 6.45) is 1.01. The maximum atomic E-state index is 12.8. The van der Waals surface area contributed by atoms with Crippen LogP contribution < -0.4 is 15.4 Å². The second kappa shape index (κ2) is 8.43. The van der Waals surface area contributed by atoms with E-state index in [1.165, 1.54) is 25.1 Å². The Morgan fingerprint density at radius 2 is 1.68 bits per heavy atom. The van der Waals surface area contributed by atoms with Crippen LogP contribution in [0.15, 0.2) is 48.5 Å². The van der Waals surface area contributed by atoms with Gasteiger partial charge in [0.05, 0.1) is 17.5 Å². The smallest absolute Gasteiger partial charge is 0.253 e. The summed E-state index contributed by atoms with van der Waals surface area (Å²) >= 11 is 0. The molecule has 0 aromatic heterocycles. The summed E-state index contributed by atoms with van der Waals surface area (Å²) in [7, 11) is -3.57. The Hall–Kier alpha value is -2.87. The Morgan fingerprint density at radius 3 is 2.25 bits per heavy atom. The second-order valence-electron chi connectivity index (χ2n) is 7.25. The highest BCUT2D eigenvalue weighted by atomic mass is 32.2. The monoisotopic (exact) mass is 403 g/mol. The van der Waals surface area contributed by atoms with Gasteiger partial charge in [-0.15, -0.1) is 0 Å². The first-order chi connectivity index (χ1) is 13.0. The van der Waals surface area contributed by atoms with Crippen molar-refractivity contribution in [3.05, 3.63) is 59.7 Å². The summed E-state index contributed by atoms with van der Waals surface area (Å²) in [4.78, 5) is 24.1. The number of anilines is 2. The molecular formula is C20H25N3O4S. The number of carbonyl (C=O) groups excluding carboxylic acids is 2. The van der Waals surface area contributed by atoms with Crippen LogP contribution in [0.5, 0.6) is 0 Å². The molecule has 0 bridgehead atoms. The third-order valence-electron chi connectivity index (χ3n) is 4.13. The fraction of sp³-hybridized carbons (Fsp3) is 0.300. The predicted molar refractivity (Wildman–Crippen MR) is 111 cm³/mol. The van der Waals surface area contributed by atoms with Crippen molar-refractivity contribution in [2.75, 3.05) is 22.8 Å². The van der Waals surface area contributed by atoms with Crippen molar-refractivity contribution in [3.8, 4) is 0 Å². The zero-order valence-corrected chi connectivity index (χ0v) is 17.2. The lowest BCUT2D eigenvalue weighted by molar-refractivity contribution is -0.114. The Labute approximate surface area is 165 Å². The lowest BCUT2D eigenvalue weighted by Crippen LogP contribution is -2.37. The number of rotatable bonds is 7. The van der Waals surface area contributed by atoms with E-state index in [2.05, 4.69) is 15.4 Å². The average Bonchev–Trinajstić information content (AvgIpc) is 2.60. The van der Waals surface area contributed by atoms with Gasteiger partial charge in [0.1, 0.15) is 0 Å². The van der Waals surface area contributed by atoms with E-state index in [0.717, 1.165) is 11.8 Å². The van der Waals surface area contributed by atoms with Crippen molar-refractivity contribution < 1.29 is 18.0 Å². The van der Waals surface area contributed by atoms with Crippen molar-refractivity contribution in [1.82, 2.24) is 5.32 Å². The quantitative estimate of drug-likeness (QED) is 0.661. The molecule has 7 nitrogen and oxygen atoms in total. The SMILES string of the molecule is CC(=O)Nc1ccc(NS(C)(=O)=O)c(C(=O)NCC(C)(C)c2ccccc2)c1. The van der Waals surface area contributed by atoms with E-state index in [1.807, 2.05) is 44.2 Å². The first-order valence-electron chi connectivity index (χ1n) is 8.71. The highest BCUT2D eigenvalue weighted by molar-refractivity contribution is 7.92. The van der Waals surface area contributed by atoms with Crippen LogP contribution >= 0.6 is 0 Å². The minimum Gasteiger partial charge on any atom is -0.351 e. The standard InChI is InChI=1S/C20H25N3O4S/c1-14(24)22-16-10-11-18(23-28(4,26)27)17(12-16)19(25)21-13-20(2,3)15-8-6-5-7-9-15/h5-12,23H,13H2,1-4H3,(H,21,25)(H,22,24). The van der Waals surface area contributed by atoms with Gasteiger partial charge in [-0.2, -0.15) is 0 Å². The first kappa shape index (κ1) is 21.4. The first-order valence-corrected chi connectivity index (χ1v) is 10.6. The van der Waals surface area contributed by atoms with E-state index in [0.29, 0.717) is 12.2 Å². The van der Waals surface area contributed by atoms with Crippen LogP contribution in [0, 0.1) is 0 Å². The van der Waals surface area contributed by atoms with Crippen LogP contribution in [0.1, 0.15) is 36.7 Å². The van der Waals surface area contributed by atoms with Gasteiger partial charge >= 0.3 is 0 Å². The lowest BCUT2D eigenvalue weighted by Gasteiger charge is -2.26. The Kier molecular flexibility index (Phi) is 6.45. The molecule has 2 aromatic carbocycles. The highest BCUT2D eigenvalue weighted by Crippen LogP contribution is 2.24. The number of hydrogen-bond acceptors (Lipinski definition) is 4. The number of hydrogen-bond donors (Lipinski definition) is 3. The summed E-state index contributed by atoms with van der Waals surface area (Å²) in [5, 5.41) is 5.45. The summed E-state index contributed by atoms with van der Waals surface area (Å²) in [5.74, 6) is -0.734. The van der Waals surface area contributed by atoms with Crippen molar-refractivity contribution in [1.29, 1.82) is 0 Å². The molecule has 2 amide bonds. The molecule has 3 N–H and O–H groups in total. The van der Waals surface area contributed by atoms with Crippen LogP contribution in [0.2, 0.25) is 0 Å². The molecule has 0 saturated carbocycles. The molecule has 0 fully saturated rings. The molecule has 0 aliphatic heterocycles. The average molecular weight is 404 g/mol. The molecule has 2 rings (SSSR count). The number of nitrogens with one attached hydrogen (secondary N) is 3. The number of amides is 2. The van der Waals surface area contributed by atoms with Crippen molar-refractivity contribution in [2.45, 2.75) is 26.2 Å². The van der Waals surface area contributed by atoms with Crippen molar-refractivity contribution in [3.63, 3.8) is 0 Å². The van der Waals surface area contributed by atoms with Gasteiger partial charge in [0.2, 0.25) is 15.9 Å². The molecule has 0 atom stereocenters. The topological polar surface area (TPSA) is 104 Å². The van der Waals surface area contributed by atoms with Gasteiger partial charge in [-0.1, -0.05) is 44.2 Å². The fourth-order valence-corrected chi connectivity index (χ4v) is 3.27. The van der Waals surface area contributed by atoms with Crippen molar-refractivity contribution >= 4 is 33.2 Å². The molecule has 150 valence electrons. The summed E-state index contributed by atoms with van der Waals surface area (Å²) in [6, 6.07) is 14.2. The van der Waals surface area contributed by atoms with E-state index < -0.39 is 15.9 Å².